The number of carbonyl (C=O) groups excluding carboxylic acids is 1. The second-order valence-electron chi connectivity index (χ2n) is 6.57. The number of amides is 2. The third kappa shape index (κ3) is 3.91. The molecule has 9 heteroatoms. The molecule has 0 fully saturated rings. The molecule has 1 aliphatic rings. The van der Waals surface area contributed by atoms with Crippen molar-refractivity contribution in [3.8, 4) is 5.75 Å². The van der Waals surface area contributed by atoms with Gasteiger partial charge in [-0.1, -0.05) is 18.2 Å². The van der Waals surface area contributed by atoms with Gasteiger partial charge in [0.2, 0.25) is 0 Å². The van der Waals surface area contributed by atoms with Gasteiger partial charge in [-0.25, -0.2) is 9.18 Å². The topological polar surface area (TPSA) is 54.5 Å². The first-order chi connectivity index (χ1) is 14.3. The first-order valence-corrected chi connectivity index (χ1v) is 8.93. The van der Waals surface area contributed by atoms with Crippen molar-refractivity contribution >= 4 is 17.4 Å². The predicted octanol–water partition coefficient (Wildman–Crippen LogP) is 5.37. The van der Waals surface area contributed by atoms with Crippen molar-refractivity contribution in [1.29, 1.82) is 0 Å². The van der Waals surface area contributed by atoms with E-state index in [2.05, 4.69) is 10.3 Å². The number of halogens is 4. The van der Waals surface area contributed by atoms with Crippen molar-refractivity contribution in [3.05, 3.63) is 83.4 Å². The molecule has 2 amide bonds. The van der Waals surface area contributed by atoms with Crippen LogP contribution in [0.5, 0.6) is 5.75 Å². The Bertz CT molecular complexity index is 1100. The quantitative estimate of drug-likeness (QED) is 0.581. The monoisotopic (exact) mass is 417 g/mol. The molecular formula is C21H15F4N3O2. The fourth-order valence-electron chi connectivity index (χ4n) is 3.14. The Hall–Kier alpha value is -3.62. The molecule has 154 valence electrons. The van der Waals surface area contributed by atoms with Gasteiger partial charge in [-0.05, 0) is 35.9 Å². The maximum Gasteiger partial charge on any atom is 0.418 e. The molecule has 0 aliphatic carbocycles. The number of pyridine rings is 1. The average molecular weight is 417 g/mol. The Labute approximate surface area is 168 Å². The first kappa shape index (κ1) is 19.7. The summed E-state index contributed by atoms with van der Waals surface area (Å²) in [6, 6.07) is 11.9. The summed E-state index contributed by atoms with van der Waals surface area (Å²) in [5.74, 6) is -0.536. The van der Waals surface area contributed by atoms with Crippen molar-refractivity contribution in [2.24, 2.45) is 0 Å². The van der Waals surface area contributed by atoms with E-state index in [4.69, 9.17) is 4.74 Å². The van der Waals surface area contributed by atoms with Gasteiger partial charge in [-0.2, -0.15) is 13.2 Å². The smallest absolute Gasteiger partial charge is 0.418 e. The third-order valence-corrected chi connectivity index (χ3v) is 4.61. The third-order valence-electron chi connectivity index (χ3n) is 4.61. The highest BCUT2D eigenvalue weighted by molar-refractivity contribution is 6.04. The molecule has 0 spiro atoms. The molecule has 1 aromatic heterocycles. The second kappa shape index (κ2) is 7.66. The summed E-state index contributed by atoms with van der Waals surface area (Å²) in [4.78, 5) is 17.4. The number of nitrogens with one attached hydrogen (secondary N) is 1. The summed E-state index contributed by atoms with van der Waals surface area (Å²) in [6.45, 7) is -0.310. The Morgan fingerprint density at radius 2 is 1.90 bits per heavy atom. The highest BCUT2D eigenvalue weighted by Crippen LogP contribution is 2.40. The summed E-state index contributed by atoms with van der Waals surface area (Å²) in [6.07, 6.45) is -3.30. The predicted molar refractivity (Wildman–Crippen MR) is 102 cm³/mol. The van der Waals surface area contributed by atoms with Crippen molar-refractivity contribution < 1.29 is 27.1 Å². The van der Waals surface area contributed by atoms with Gasteiger partial charge >= 0.3 is 12.2 Å². The lowest BCUT2D eigenvalue weighted by Crippen LogP contribution is -2.39. The second-order valence-corrected chi connectivity index (χ2v) is 6.57. The van der Waals surface area contributed by atoms with E-state index in [0.717, 1.165) is 23.1 Å². The number of fused-ring (bicyclic) bond motifs is 1. The minimum atomic E-state index is -4.68. The molecule has 1 N–H and O–H groups in total. The molecular weight excluding hydrogens is 402 g/mol. The zero-order chi connectivity index (χ0) is 21.3. The summed E-state index contributed by atoms with van der Waals surface area (Å²) >= 11 is 0. The number of urea groups is 1. The zero-order valence-corrected chi connectivity index (χ0v) is 15.4. The molecule has 0 saturated carbocycles. The van der Waals surface area contributed by atoms with Gasteiger partial charge in [0.25, 0.3) is 0 Å². The van der Waals surface area contributed by atoms with Crippen LogP contribution in [0.2, 0.25) is 0 Å². The number of para-hydroxylation sites is 1. The van der Waals surface area contributed by atoms with Crippen LogP contribution in [-0.2, 0) is 19.3 Å². The molecule has 2 aromatic carbocycles. The minimum absolute atomic E-state index is 0.0172. The maximum absolute atomic E-state index is 13.7. The number of alkyl halides is 3. The average Bonchev–Trinajstić information content (AvgIpc) is 2.72. The van der Waals surface area contributed by atoms with E-state index < -0.39 is 23.6 Å². The number of hydrogen-bond donors (Lipinski definition) is 1. The van der Waals surface area contributed by atoms with Crippen LogP contribution >= 0.6 is 0 Å². The van der Waals surface area contributed by atoms with E-state index in [1.54, 1.807) is 24.3 Å². The molecule has 0 radical (unpaired) electrons. The molecule has 0 unspecified atom stereocenters. The summed E-state index contributed by atoms with van der Waals surface area (Å²) in [7, 11) is 0. The van der Waals surface area contributed by atoms with E-state index in [1.165, 1.54) is 18.3 Å². The van der Waals surface area contributed by atoms with Crippen LogP contribution in [0.15, 0.2) is 60.8 Å². The van der Waals surface area contributed by atoms with E-state index in [0.29, 0.717) is 11.3 Å². The summed E-state index contributed by atoms with van der Waals surface area (Å²) in [5, 5.41) is 2.59. The number of aromatic nitrogens is 1. The fourth-order valence-corrected chi connectivity index (χ4v) is 3.14. The number of hydrogen-bond acceptors (Lipinski definition) is 3. The molecule has 4 rings (SSSR count). The van der Waals surface area contributed by atoms with E-state index in [1.807, 2.05) is 0 Å². The molecule has 2 heterocycles. The lowest BCUT2D eigenvalue weighted by Gasteiger charge is -2.31. The SMILES string of the molecule is O=C1Nc2ccccc2CN1c1cc(OCc2ncccc2F)ccc1C(F)(F)F. The number of benzene rings is 2. The normalized spacial score (nSPS) is 13.6. The highest BCUT2D eigenvalue weighted by atomic mass is 19.4. The van der Waals surface area contributed by atoms with Gasteiger partial charge < -0.3 is 10.1 Å². The van der Waals surface area contributed by atoms with Crippen molar-refractivity contribution in [2.45, 2.75) is 19.3 Å². The van der Waals surface area contributed by atoms with E-state index in [-0.39, 0.29) is 30.3 Å². The van der Waals surface area contributed by atoms with Gasteiger partial charge in [-0.15, -0.1) is 0 Å². The zero-order valence-electron chi connectivity index (χ0n) is 15.4. The lowest BCUT2D eigenvalue weighted by molar-refractivity contribution is -0.137. The molecule has 1 aliphatic heterocycles. The van der Waals surface area contributed by atoms with Crippen LogP contribution in [0, 0.1) is 5.82 Å². The molecule has 0 bridgehead atoms. The maximum atomic E-state index is 13.7. The minimum Gasteiger partial charge on any atom is -0.487 e. The standard InChI is InChI=1S/C21H15F4N3O2/c22-16-5-3-9-26-18(16)12-30-14-7-8-15(21(23,24)25)19(10-14)28-11-13-4-1-2-6-17(13)27-20(28)29/h1-10H,11-12H2,(H,27,29). The number of ether oxygens (including phenoxy) is 1. The van der Waals surface area contributed by atoms with Gasteiger partial charge in [0.15, 0.2) is 0 Å². The summed E-state index contributed by atoms with van der Waals surface area (Å²) in [5.41, 5.74) is -0.0945. The largest absolute Gasteiger partial charge is 0.487 e. The number of carbonyl (C=O) groups is 1. The van der Waals surface area contributed by atoms with Gasteiger partial charge in [0, 0.05) is 18.0 Å². The van der Waals surface area contributed by atoms with Crippen molar-refractivity contribution in [3.63, 3.8) is 0 Å². The molecule has 0 atom stereocenters. The van der Waals surface area contributed by atoms with Gasteiger partial charge in [-0.3, -0.25) is 9.88 Å². The van der Waals surface area contributed by atoms with E-state index in [9.17, 15) is 22.4 Å². The number of rotatable bonds is 4. The highest BCUT2D eigenvalue weighted by Gasteiger charge is 2.37. The van der Waals surface area contributed by atoms with Crippen LogP contribution in [0.1, 0.15) is 16.8 Å². The summed E-state index contributed by atoms with van der Waals surface area (Å²) < 4.78 is 60.0. The Kier molecular flexibility index (Phi) is 5.03. The van der Waals surface area contributed by atoms with Crippen LogP contribution in [-0.4, -0.2) is 11.0 Å². The van der Waals surface area contributed by atoms with Crippen LogP contribution in [0.3, 0.4) is 0 Å². The van der Waals surface area contributed by atoms with Crippen LogP contribution < -0.4 is 15.0 Å². The van der Waals surface area contributed by atoms with Crippen LogP contribution in [0.4, 0.5) is 33.7 Å². The lowest BCUT2D eigenvalue weighted by atomic mass is 10.1. The van der Waals surface area contributed by atoms with E-state index >= 15 is 0 Å². The Morgan fingerprint density at radius 3 is 2.67 bits per heavy atom. The van der Waals surface area contributed by atoms with Gasteiger partial charge in [0.1, 0.15) is 23.9 Å². The van der Waals surface area contributed by atoms with Gasteiger partial charge in [0.05, 0.1) is 17.8 Å². The molecule has 30 heavy (non-hydrogen) atoms. The molecule has 5 nitrogen and oxygen atoms in total. The van der Waals surface area contributed by atoms with Crippen LogP contribution in [0.25, 0.3) is 0 Å². The van der Waals surface area contributed by atoms with Crippen molar-refractivity contribution in [1.82, 2.24) is 4.98 Å². The molecule has 0 saturated heterocycles. The first-order valence-electron chi connectivity index (χ1n) is 8.93. The number of nitrogens with zero attached hydrogens (tertiary/aromatic N) is 2. The number of anilines is 2. The Morgan fingerprint density at radius 1 is 1.10 bits per heavy atom. The fraction of sp³-hybridized carbons (Fsp3) is 0.143. The van der Waals surface area contributed by atoms with Crippen molar-refractivity contribution in [2.75, 3.05) is 10.2 Å². The molecule has 3 aromatic rings. The Balaban J connectivity index is 1.67.